The first-order valence-electron chi connectivity index (χ1n) is 9.05. The number of amides is 2. The van der Waals surface area contributed by atoms with Crippen LogP contribution in [0.15, 0.2) is 60.7 Å². The fourth-order valence-electron chi connectivity index (χ4n) is 3.90. The number of anilines is 1. The average molecular weight is 363 g/mol. The van der Waals surface area contributed by atoms with Crippen LogP contribution in [0.5, 0.6) is 17.2 Å². The van der Waals surface area contributed by atoms with E-state index in [0.717, 1.165) is 0 Å². The van der Waals surface area contributed by atoms with Crippen molar-refractivity contribution < 1.29 is 19.1 Å². The minimum Gasteiger partial charge on any atom is -0.493 e. The summed E-state index contributed by atoms with van der Waals surface area (Å²) in [6.45, 7) is 1.99. The van der Waals surface area contributed by atoms with Crippen LogP contribution < -0.4 is 14.4 Å². The molecular formula is C22H21NO4. The highest BCUT2D eigenvalue weighted by Gasteiger charge is 2.50. The van der Waals surface area contributed by atoms with Gasteiger partial charge in [0.1, 0.15) is 5.75 Å². The first kappa shape index (κ1) is 17.3. The van der Waals surface area contributed by atoms with Gasteiger partial charge in [0.05, 0.1) is 24.6 Å². The highest BCUT2D eigenvalue weighted by molar-refractivity contribution is 6.22. The zero-order chi connectivity index (χ0) is 19.0. The van der Waals surface area contributed by atoms with E-state index < -0.39 is 0 Å². The predicted molar refractivity (Wildman–Crippen MR) is 102 cm³/mol. The maximum Gasteiger partial charge on any atom is 0.238 e. The Labute approximate surface area is 158 Å². The molecule has 0 radical (unpaired) electrons. The number of carbonyl (C=O) groups is 2. The Kier molecular flexibility index (Phi) is 4.44. The molecule has 0 N–H and O–H groups in total. The summed E-state index contributed by atoms with van der Waals surface area (Å²) in [6, 6.07) is 14.4. The van der Waals surface area contributed by atoms with Gasteiger partial charge in [0.25, 0.3) is 0 Å². The van der Waals surface area contributed by atoms with E-state index in [0.29, 0.717) is 29.4 Å². The molecule has 0 aromatic heterocycles. The van der Waals surface area contributed by atoms with E-state index >= 15 is 0 Å². The smallest absolute Gasteiger partial charge is 0.238 e. The Balaban J connectivity index is 1.56. The van der Waals surface area contributed by atoms with Gasteiger partial charge in [-0.2, -0.15) is 0 Å². The molecule has 27 heavy (non-hydrogen) atoms. The molecule has 2 aromatic rings. The lowest BCUT2D eigenvalue weighted by Crippen LogP contribution is -2.31. The van der Waals surface area contributed by atoms with Crippen molar-refractivity contribution in [2.75, 3.05) is 12.0 Å². The molecule has 0 spiro atoms. The number of methoxy groups -OCH3 is 1. The first-order chi connectivity index (χ1) is 13.1. The zero-order valence-corrected chi connectivity index (χ0v) is 15.3. The van der Waals surface area contributed by atoms with Gasteiger partial charge in [0, 0.05) is 0 Å². The minimum atomic E-state index is -0.257. The molecule has 1 fully saturated rings. The lowest BCUT2D eigenvalue weighted by Gasteiger charge is -2.22. The summed E-state index contributed by atoms with van der Waals surface area (Å²) in [5.41, 5.74) is 0.582. The molecule has 1 saturated heterocycles. The summed E-state index contributed by atoms with van der Waals surface area (Å²) >= 11 is 0. The molecule has 1 heterocycles. The molecule has 5 nitrogen and oxygen atoms in total. The van der Waals surface area contributed by atoms with Crippen molar-refractivity contribution >= 4 is 17.5 Å². The third kappa shape index (κ3) is 2.99. The van der Waals surface area contributed by atoms with Crippen LogP contribution in [0.2, 0.25) is 0 Å². The van der Waals surface area contributed by atoms with Gasteiger partial charge < -0.3 is 9.47 Å². The van der Waals surface area contributed by atoms with E-state index in [4.69, 9.17) is 9.47 Å². The second-order valence-corrected chi connectivity index (χ2v) is 6.91. The number of nitrogens with zero attached hydrogens (tertiary/aromatic N) is 1. The molecule has 2 amide bonds. The lowest BCUT2D eigenvalue weighted by molar-refractivity contribution is -0.122. The van der Waals surface area contributed by atoms with Crippen LogP contribution in [0, 0.1) is 17.8 Å². The zero-order valence-electron chi connectivity index (χ0n) is 15.3. The van der Waals surface area contributed by atoms with E-state index in [9.17, 15) is 9.59 Å². The number of hydrogen-bond donors (Lipinski definition) is 0. The molecule has 0 saturated carbocycles. The molecular weight excluding hydrogens is 342 g/mol. The highest BCUT2D eigenvalue weighted by atomic mass is 16.5. The number of fused-ring (bicyclic) bond motifs is 1. The number of benzene rings is 2. The van der Waals surface area contributed by atoms with Gasteiger partial charge in [-0.25, -0.2) is 0 Å². The van der Waals surface area contributed by atoms with Crippen molar-refractivity contribution in [2.45, 2.75) is 13.3 Å². The summed E-state index contributed by atoms with van der Waals surface area (Å²) in [5.74, 6) is 1.20. The summed E-state index contributed by atoms with van der Waals surface area (Å²) < 4.78 is 11.1. The van der Waals surface area contributed by atoms with E-state index in [2.05, 4.69) is 0 Å². The summed E-state index contributed by atoms with van der Waals surface area (Å²) in [7, 11) is 1.59. The highest BCUT2D eigenvalue weighted by Crippen LogP contribution is 2.41. The van der Waals surface area contributed by atoms with Crippen LogP contribution in [-0.4, -0.2) is 18.9 Å². The molecule has 5 heteroatoms. The van der Waals surface area contributed by atoms with E-state index in [1.807, 2.05) is 43.3 Å². The van der Waals surface area contributed by atoms with Crippen LogP contribution in [0.1, 0.15) is 13.3 Å². The second-order valence-electron chi connectivity index (χ2n) is 6.91. The van der Waals surface area contributed by atoms with Gasteiger partial charge in [0.15, 0.2) is 11.5 Å². The fraction of sp³-hybridized carbons (Fsp3) is 0.273. The molecule has 3 atom stereocenters. The Hall–Kier alpha value is -3.08. The molecule has 0 unspecified atom stereocenters. The van der Waals surface area contributed by atoms with E-state index in [1.165, 1.54) is 4.90 Å². The van der Waals surface area contributed by atoms with E-state index in [1.54, 1.807) is 31.4 Å². The number of para-hydroxylation sites is 2. The lowest BCUT2D eigenvalue weighted by atomic mass is 9.78. The summed E-state index contributed by atoms with van der Waals surface area (Å²) in [6.07, 6.45) is 4.66. The fourth-order valence-corrected chi connectivity index (χ4v) is 3.90. The predicted octanol–water partition coefficient (Wildman–Crippen LogP) is 4.19. The van der Waals surface area contributed by atoms with Gasteiger partial charge in [-0.15, -0.1) is 0 Å². The van der Waals surface area contributed by atoms with Crippen molar-refractivity contribution in [1.82, 2.24) is 0 Å². The minimum absolute atomic E-state index is 0.0818. The SMILES string of the molecule is COc1ccccc1Oc1ccc(N2C(=O)[C@H]3[C@H](CC=C[C@@H]3C)C2=O)cc1. The normalized spacial score (nSPS) is 24.1. The molecule has 2 aromatic carbocycles. The van der Waals surface area contributed by atoms with Crippen molar-refractivity contribution in [1.29, 1.82) is 0 Å². The third-order valence-electron chi connectivity index (χ3n) is 5.26. The molecule has 0 bridgehead atoms. The van der Waals surface area contributed by atoms with Gasteiger partial charge in [-0.05, 0) is 48.7 Å². The number of hydrogen-bond acceptors (Lipinski definition) is 4. The van der Waals surface area contributed by atoms with E-state index in [-0.39, 0.29) is 29.6 Å². The van der Waals surface area contributed by atoms with Gasteiger partial charge >= 0.3 is 0 Å². The number of imide groups is 1. The molecule has 1 aliphatic heterocycles. The van der Waals surface area contributed by atoms with Crippen molar-refractivity contribution in [3.63, 3.8) is 0 Å². The van der Waals surface area contributed by atoms with Crippen LogP contribution >= 0.6 is 0 Å². The number of carbonyl (C=O) groups excluding carboxylic acids is 2. The van der Waals surface area contributed by atoms with Crippen molar-refractivity contribution in [3.05, 3.63) is 60.7 Å². The Morgan fingerprint density at radius 2 is 1.67 bits per heavy atom. The van der Waals surface area contributed by atoms with Gasteiger partial charge in [-0.3, -0.25) is 14.5 Å². The average Bonchev–Trinajstić information content (AvgIpc) is 2.95. The third-order valence-corrected chi connectivity index (χ3v) is 5.26. The molecule has 4 rings (SSSR count). The standard InChI is InChI=1S/C22H21NO4/c1-14-6-5-7-17-20(14)22(25)23(21(17)24)15-10-12-16(13-11-15)27-19-9-4-3-8-18(19)26-2/h3-6,8-14,17,20H,7H2,1-2H3/t14-,17-,20+/m0/s1. The maximum atomic E-state index is 12.8. The second kappa shape index (κ2) is 6.91. The van der Waals surface area contributed by atoms with Gasteiger partial charge in [-0.1, -0.05) is 31.2 Å². The number of ether oxygens (including phenoxy) is 2. The van der Waals surface area contributed by atoms with Crippen LogP contribution in [0.4, 0.5) is 5.69 Å². The maximum absolute atomic E-state index is 12.8. The number of rotatable bonds is 4. The molecule has 2 aliphatic rings. The quantitative estimate of drug-likeness (QED) is 0.604. The topological polar surface area (TPSA) is 55.8 Å². The summed E-state index contributed by atoms with van der Waals surface area (Å²) in [4.78, 5) is 26.9. The monoisotopic (exact) mass is 363 g/mol. The van der Waals surface area contributed by atoms with Crippen molar-refractivity contribution in [3.8, 4) is 17.2 Å². The van der Waals surface area contributed by atoms with Gasteiger partial charge in [0.2, 0.25) is 11.8 Å². The first-order valence-corrected chi connectivity index (χ1v) is 9.05. The van der Waals surface area contributed by atoms with Crippen LogP contribution in [0.3, 0.4) is 0 Å². The summed E-state index contributed by atoms with van der Waals surface area (Å²) in [5, 5.41) is 0. The van der Waals surface area contributed by atoms with Crippen LogP contribution in [0.25, 0.3) is 0 Å². The van der Waals surface area contributed by atoms with Crippen molar-refractivity contribution in [2.24, 2.45) is 17.8 Å². The molecule has 1 aliphatic carbocycles. The van der Waals surface area contributed by atoms with Crippen LogP contribution in [-0.2, 0) is 9.59 Å². The Morgan fingerprint density at radius 1 is 0.963 bits per heavy atom. The Morgan fingerprint density at radius 3 is 2.33 bits per heavy atom. The Bertz CT molecular complexity index is 903. The largest absolute Gasteiger partial charge is 0.493 e. The number of allylic oxidation sites excluding steroid dienone is 2. The molecule has 138 valence electrons.